The van der Waals surface area contributed by atoms with Gasteiger partial charge in [0, 0.05) is 43.0 Å². The number of anilines is 1. The molecule has 0 saturated carbocycles. The van der Waals surface area contributed by atoms with Crippen LogP contribution in [0.3, 0.4) is 0 Å². The number of amides is 1. The molecule has 0 spiro atoms. The minimum atomic E-state index is -0.832. The Bertz CT molecular complexity index is 824. The molecule has 1 heterocycles. The van der Waals surface area contributed by atoms with E-state index in [1.807, 2.05) is 41.3 Å². The van der Waals surface area contributed by atoms with Crippen LogP contribution in [0, 0.1) is 0 Å². The van der Waals surface area contributed by atoms with E-state index in [0.29, 0.717) is 18.1 Å². The quantitative estimate of drug-likeness (QED) is 0.803. The van der Waals surface area contributed by atoms with Crippen molar-refractivity contribution in [2.24, 2.45) is 0 Å². The van der Waals surface area contributed by atoms with Crippen molar-refractivity contribution in [3.8, 4) is 0 Å². The van der Waals surface area contributed by atoms with Crippen LogP contribution in [0.15, 0.2) is 54.6 Å². The highest BCUT2D eigenvalue weighted by atomic mass is 35.5. The largest absolute Gasteiger partial charge is 0.481 e. The number of hydrogen-bond acceptors (Lipinski definition) is 3. The fourth-order valence-corrected chi connectivity index (χ4v) is 3.16. The van der Waals surface area contributed by atoms with Gasteiger partial charge in [-0.3, -0.25) is 9.59 Å². The summed E-state index contributed by atoms with van der Waals surface area (Å²) in [4.78, 5) is 27.2. The molecule has 0 aliphatic carbocycles. The third-order valence-corrected chi connectivity index (χ3v) is 4.79. The predicted octanol–water partition coefficient (Wildman–Crippen LogP) is 3.33. The molecule has 6 heteroatoms. The number of carbonyl (C=O) groups excluding carboxylic acids is 1. The van der Waals surface area contributed by atoms with E-state index >= 15 is 0 Å². The molecule has 140 valence electrons. The average molecular weight is 385 g/mol. The van der Waals surface area contributed by atoms with Crippen LogP contribution in [0.25, 0.3) is 6.08 Å². The molecule has 1 N–H and O–H groups in total. The summed E-state index contributed by atoms with van der Waals surface area (Å²) < 4.78 is 0. The van der Waals surface area contributed by atoms with Crippen LogP contribution in [-0.2, 0) is 16.0 Å². The van der Waals surface area contributed by atoms with Crippen molar-refractivity contribution in [2.75, 3.05) is 31.1 Å². The van der Waals surface area contributed by atoms with Gasteiger partial charge >= 0.3 is 5.97 Å². The van der Waals surface area contributed by atoms with E-state index < -0.39 is 5.97 Å². The van der Waals surface area contributed by atoms with E-state index in [4.69, 9.17) is 16.7 Å². The zero-order valence-corrected chi connectivity index (χ0v) is 15.6. The fraction of sp³-hybridized carbons (Fsp3) is 0.238. The Morgan fingerprint density at radius 1 is 0.963 bits per heavy atom. The van der Waals surface area contributed by atoms with Crippen molar-refractivity contribution < 1.29 is 14.7 Å². The number of carbonyl (C=O) groups is 2. The molecule has 0 radical (unpaired) electrons. The number of carboxylic acids is 1. The number of nitrogens with zero attached hydrogens (tertiary/aromatic N) is 2. The molecular formula is C21H21ClN2O3. The lowest BCUT2D eigenvalue weighted by atomic mass is 10.1. The van der Waals surface area contributed by atoms with Gasteiger partial charge in [0.05, 0.1) is 6.42 Å². The molecule has 0 unspecified atom stereocenters. The maximum absolute atomic E-state index is 12.4. The smallest absolute Gasteiger partial charge is 0.307 e. The summed E-state index contributed by atoms with van der Waals surface area (Å²) in [6.45, 7) is 2.80. The molecule has 1 saturated heterocycles. The van der Waals surface area contributed by atoms with E-state index in [-0.39, 0.29) is 12.3 Å². The van der Waals surface area contributed by atoms with E-state index in [2.05, 4.69) is 4.90 Å². The Labute approximate surface area is 163 Å². The highest BCUT2D eigenvalue weighted by molar-refractivity contribution is 6.30. The Kier molecular flexibility index (Phi) is 6.14. The first-order valence-electron chi connectivity index (χ1n) is 8.79. The Hall–Kier alpha value is -2.79. The second kappa shape index (κ2) is 8.73. The molecule has 0 atom stereocenters. The number of carboxylic acid groups (broad SMARTS) is 1. The lowest BCUT2D eigenvalue weighted by molar-refractivity contribution is -0.136. The van der Waals surface area contributed by atoms with Crippen LogP contribution in [0.2, 0.25) is 5.02 Å². The van der Waals surface area contributed by atoms with Crippen LogP contribution in [0.5, 0.6) is 0 Å². The third-order valence-electron chi connectivity index (χ3n) is 4.54. The number of rotatable bonds is 5. The van der Waals surface area contributed by atoms with Gasteiger partial charge in [0.1, 0.15) is 0 Å². The van der Waals surface area contributed by atoms with E-state index in [0.717, 1.165) is 29.9 Å². The molecule has 1 aliphatic heterocycles. The van der Waals surface area contributed by atoms with Gasteiger partial charge in [0.25, 0.3) is 0 Å². The summed E-state index contributed by atoms with van der Waals surface area (Å²) in [6, 6.07) is 14.9. The standard InChI is InChI=1S/C21H21ClN2O3/c22-18-6-1-16(2-7-18)5-10-20(25)24-13-11-23(12-14-24)19-8-3-17(4-9-19)15-21(26)27/h1-10H,11-15H2,(H,26,27). The predicted molar refractivity (Wildman–Crippen MR) is 107 cm³/mol. The molecule has 27 heavy (non-hydrogen) atoms. The molecule has 2 aromatic rings. The molecule has 3 rings (SSSR count). The maximum Gasteiger partial charge on any atom is 0.307 e. The lowest BCUT2D eigenvalue weighted by Crippen LogP contribution is -2.48. The van der Waals surface area contributed by atoms with Crippen LogP contribution < -0.4 is 4.90 Å². The third kappa shape index (κ3) is 5.34. The average Bonchev–Trinajstić information content (AvgIpc) is 2.67. The molecule has 2 aromatic carbocycles. The Balaban J connectivity index is 1.52. The van der Waals surface area contributed by atoms with Crippen LogP contribution in [-0.4, -0.2) is 48.1 Å². The van der Waals surface area contributed by atoms with Crippen molar-refractivity contribution >= 4 is 35.2 Å². The summed E-state index contributed by atoms with van der Waals surface area (Å²) in [5.74, 6) is -0.831. The second-order valence-corrected chi connectivity index (χ2v) is 6.87. The molecule has 1 fully saturated rings. The van der Waals surface area contributed by atoms with Crippen LogP contribution in [0.4, 0.5) is 5.69 Å². The zero-order valence-electron chi connectivity index (χ0n) is 14.8. The summed E-state index contributed by atoms with van der Waals surface area (Å²) in [7, 11) is 0. The van der Waals surface area contributed by atoms with E-state index in [1.165, 1.54) is 0 Å². The van der Waals surface area contributed by atoms with Crippen molar-refractivity contribution in [1.82, 2.24) is 4.90 Å². The second-order valence-electron chi connectivity index (χ2n) is 6.43. The van der Waals surface area contributed by atoms with Gasteiger partial charge in [-0.05, 0) is 41.5 Å². The molecule has 1 aliphatic rings. The molecule has 5 nitrogen and oxygen atoms in total. The van der Waals surface area contributed by atoms with Gasteiger partial charge < -0.3 is 14.9 Å². The summed E-state index contributed by atoms with van der Waals surface area (Å²) in [5.41, 5.74) is 2.77. The van der Waals surface area contributed by atoms with Gasteiger partial charge in [-0.2, -0.15) is 0 Å². The number of benzene rings is 2. The van der Waals surface area contributed by atoms with Crippen molar-refractivity contribution in [1.29, 1.82) is 0 Å². The van der Waals surface area contributed by atoms with Crippen LogP contribution in [0.1, 0.15) is 11.1 Å². The summed E-state index contributed by atoms with van der Waals surface area (Å²) in [6.07, 6.45) is 3.42. The first-order valence-corrected chi connectivity index (χ1v) is 9.17. The van der Waals surface area contributed by atoms with Crippen molar-refractivity contribution in [2.45, 2.75) is 6.42 Å². The number of aliphatic carboxylic acids is 1. The maximum atomic E-state index is 12.4. The van der Waals surface area contributed by atoms with Crippen molar-refractivity contribution in [3.63, 3.8) is 0 Å². The number of piperazine rings is 1. The molecule has 1 amide bonds. The lowest BCUT2D eigenvalue weighted by Gasteiger charge is -2.35. The van der Waals surface area contributed by atoms with Gasteiger partial charge in [-0.1, -0.05) is 35.9 Å². The van der Waals surface area contributed by atoms with E-state index in [1.54, 1.807) is 24.3 Å². The Morgan fingerprint density at radius 3 is 2.19 bits per heavy atom. The normalized spacial score (nSPS) is 14.6. The van der Waals surface area contributed by atoms with Gasteiger partial charge in [-0.15, -0.1) is 0 Å². The minimum Gasteiger partial charge on any atom is -0.481 e. The number of halogens is 1. The monoisotopic (exact) mass is 384 g/mol. The Morgan fingerprint density at radius 2 is 1.59 bits per heavy atom. The first-order chi connectivity index (χ1) is 13.0. The van der Waals surface area contributed by atoms with Crippen LogP contribution >= 0.6 is 11.6 Å². The van der Waals surface area contributed by atoms with Gasteiger partial charge in [0.2, 0.25) is 5.91 Å². The molecular weight excluding hydrogens is 364 g/mol. The highest BCUT2D eigenvalue weighted by Crippen LogP contribution is 2.18. The topological polar surface area (TPSA) is 60.9 Å². The van der Waals surface area contributed by atoms with Crippen molar-refractivity contribution in [3.05, 3.63) is 70.8 Å². The SMILES string of the molecule is O=C(O)Cc1ccc(N2CCN(C(=O)C=Cc3ccc(Cl)cc3)CC2)cc1. The summed E-state index contributed by atoms with van der Waals surface area (Å²) >= 11 is 5.86. The highest BCUT2D eigenvalue weighted by Gasteiger charge is 2.19. The van der Waals surface area contributed by atoms with Gasteiger partial charge in [-0.25, -0.2) is 0 Å². The zero-order chi connectivity index (χ0) is 19.2. The van der Waals surface area contributed by atoms with Gasteiger partial charge in [0.15, 0.2) is 0 Å². The molecule has 0 bridgehead atoms. The van der Waals surface area contributed by atoms with E-state index in [9.17, 15) is 9.59 Å². The number of hydrogen-bond donors (Lipinski definition) is 1. The molecule has 0 aromatic heterocycles. The summed E-state index contributed by atoms with van der Waals surface area (Å²) in [5, 5.41) is 9.51. The first kappa shape index (κ1) is 19.0. The minimum absolute atomic E-state index is 0.00130. The fourth-order valence-electron chi connectivity index (χ4n) is 3.03.